The molecule has 8 aromatic carbocycles. The van der Waals surface area contributed by atoms with Gasteiger partial charge >= 0.3 is 0 Å². The van der Waals surface area contributed by atoms with Crippen molar-refractivity contribution in [2.24, 2.45) is 0 Å². The summed E-state index contributed by atoms with van der Waals surface area (Å²) in [6, 6.07) is 72.3. The van der Waals surface area contributed by atoms with Crippen LogP contribution in [0.2, 0.25) is 0 Å². The molecule has 0 saturated carbocycles. The van der Waals surface area contributed by atoms with Crippen LogP contribution in [0.5, 0.6) is 5.75 Å². The Morgan fingerprint density at radius 3 is 1.58 bits per heavy atom. The lowest BCUT2D eigenvalue weighted by Gasteiger charge is -2.28. The summed E-state index contributed by atoms with van der Waals surface area (Å²) in [7, 11) is 0. The van der Waals surface area contributed by atoms with Crippen molar-refractivity contribution in [2.45, 2.75) is 45.4 Å². The molecule has 65 heavy (non-hydrogen) atoms. The van der Waals surface area contributed by atoms with Gasteiger partial charge in [0.15, 0.2) is 0 Å². The highest BCUT2D eigenvalue weighted by Crippen LogP contribution is 2.46. The normalized spacial score (nSPS) is 13.8. The minimum atomic E-state index is 0.936. The number of fused-ring (bicyclic) bond motifs is 5. The lowest BCUT2D eigenvalue weighted by molar-refractivity contribution is 0.426. The molecule has 316 valence electrons. The third-order valence-corrected chi connectivity index (χ3v) is 12.8. The summed E-state index contributed by atoms with van der Waals surface area (Å²) in [5, 5.41) is 2.35. The standard InChI is InChI=1S/C61H51N3O/c1-2-3-4-17-31-53-54-32-18-19-33-60(54)65-61-39-34-45(41-57(53)61)44-21-20-30-50(40-44)64-58-37-35-51(62(46-22-9-5-10-23-46)47-24-11-6-12-25-47)42-55(58)56-43-52(36-38-59(56)64)63(48-26-13-7-14-27-48)49-28-15-8-16-29-49/h5-16,20-43H,2-4,17-19H2,1H3/b53-31-. The quantitative estimate of drug-likeness (QED) is 0.114. The van der Waals surface area contributed by atoms with Crippen LogP contribution < -0.4 is 14.5 Å². The van der Waals surface area contributed by atoms with Crippen molar-refractivity contribution in [1.29, 1.82) is 0 Å². The van der Waals surface area contributed by atoms with E-state index in [0.717, 1.165) is 87.2 Å². The monoisotopic (exact) mass is 841 g/mol. The molecule has 0 N–H and O–H groups in total. The van der Waals surface area contributed by atoms with E-state index in [-0.39, 0.29) is 0 Å². The van der Waals surface area contributed by atoms with Gasteiger partial charge in [0.2, 0.25) is 0 Å². The summed E-state index contributed by atoms with van der Waals surface area (Å²) in [6.45, 7) is 2.27. The number of benzene rings is 8. The number of para-hydroxylation sites is 4. The third kappa shape index (κ3) is 7.72. The molecule has 0 saturated heterocycles. The molecule has 1 aromatic heterocycles. The van der Waals surface area contributed by atoms with E-state index in [1.807, 2.05) is 0 Å². The molecule has 0 atom stereocenters. The average molecular weight is 842 g/mol. The Labute approximate surface area is 382 Å². The van der Waals surface area contributed by atoms with Crippen LogP contribution in [0.15, 0.2) is 230 Å². The average Bonchev–Trinajstić information content (AvgIpc) is 3.69. The van der Waals surface area contributed by atoms with Gasteiger partial charge in [-0.1, -0.05) is 123 Å². The minimum Gasteiger partial charge on any atom is -0.456 e. The molecule has 1 aliphatic carbocycles. The van der Waals surface area contributed by atoms with Crippen LogP contribution in [0, 0.1) is 0 Å². The third-order valence-electron chi connectivity index (χ3n) is 12.8. The van der Waals surface area contributed by atoms with Crippen LogP contribution in [0.3, 0.4) is 0 Å². The van der Waals surface area contributed by atoms with Crippen LogP contribution >= 0.6 is 0 Å². The highest BCUT2D eigenvalue weighted by atomic mass is 16.5. The Hall–Kier alpha value is -7.82. The first-order valence-electron chi connectivity index (χ1n) is 23.1. The minimum absolute atomic E-state index is 0.936. The molecule has 9 aromatic rings. The molecule has 0 amide bonds. The molecule has 11 rings (SSSR count). The van der Waals surface area contributed by atoms with Crippen LogP contribution in [0.1, 0.15) is 51.0 Å². The maximum absolute atomic E-state index is 6.57. The van der Waals surface area contributed by atoms with Gasteiger partial charge in [0.05, 0.1) is 11.0 Å². The van der Waals surface area contributed by atoms with E-state index in [4.69, 9.17) is 4.74 Å². The fraction of sp³-hybridized carbons (Fsp3) is 0.115. The molecule has 4 nitrogen and oxygen atoms in total. The largest absolute Gasteiger partial charge is 0.456 e. The van der Waals surface area contributed by atoms with Crippen molar-refractivity contribution in [3.63, 3.8) is 0 Å². The van der Waals surface area contributed by atoms with Gasteiger partial charge < -0.3 is 19.1 Å². The molecule has 0 spiro atoms. The van der Waals surface area contributed by atoms with Crippen molar-refractivity contribution in [1.82, 2.24) is 4.57 Å². The molecule has 2 heterocycles. The van der Waals surface area contributed by atoms with Gasteiger partial charge in [-0.25, -0.2) is 0 Å². The van der Waals surface area contributed by atoms with Crippen molar-refractivity contribution < 1.29 is 4.74 Å². The molecule has 1 aliphatic heterocycles. The Balaban J connectivity index is 1.08. The predicted octanol–water partition coefficient (Wildman–Crippen LogP) is 17.4. The van der Waals surface area contributed by atoms with E-state index in [1.54, 1.807) is 0 Å². The highest BCUT2D eigenvalue weighted by molar-refractivity contribution is 6.12. The highest BCUT2D eigenvalue weighted by Gasteiger charge is 2.26. The number of unbranched alkanes of at least 4 members (excludes halogenated alkanes) is 3. The van der Waals surface area contributed by atoms with Crippen LogP contribution in [-0.4, -0.2) is 4.57 Å². The van der Waals surface area contributed by atoms with Crippen molar-refractivity contribution in [3.8, 4) is 22.6 Å². The van der Waals surface area contributed by atoms with Crippen molar-refractivity contribution in [3.05, 3.63) is 235 Å². The Bertz CT molecular complexity index is 3020. The van der Waals surface area contributed by atoms with Crippen LogP contribution in [-0.2, 0) is 0 Å². The fourth-order valence-electron chi connectivity index (χ4n) is 9.71. The summed E-state index contributed by atoms with van der Waals surface area (Å²) in [5.41, 5.74) is 16.1. The summed E-state index contributed by atoms with van der Waals surface area (Å²) >= 11 is 0. The number of hydrogen-bond acceptors (Lipinski definition) is 3. The van der Waals surface area contributed by atoms with E-state index in [0.29, 0.717) is 0 Å². The number of nitrogens with zero attached hydrogens (tertiary/aromatic N) is 3. The van der Waals surface area contributed by atoms with Gasteiger partial charge in [0.1, 0.15) is 11.5 Å². The molecule has 4 heteroatoms. The first-order chi connectivity index (χ1) is 32.2. The van der Waals surface area contributed by atoms with Gasteiger partial charge in [-0.05, 0) is 158 Å². The lowest BCUT2D eigenvalue weighted by Crippen LogP contribution is -2.12. The predicted molar refractivity (Wildman–Crippen MR) is 274 cm³/mol. The van der Waals surface area contributed by atoms with E-state index in [2.05, 4.69) is 240 Å². The summed E-state index contributed by atoms with van der Waals surface area (Å²) < 4.78 is 9.01. The zero-order valence-electron chi connectivity index (χ0n) is 36.8. The Morgan fingerprint density at radius 1 is 0.492 bits per heavy atom. The lowest BCUT2D eigenvalue weighted by atomic mass is 9.87. The number of hydrogen-bond donors (Lipinski definition) is 0. The smallest absolute Gasteiger partial charge is 0.135 e. The zero-order chi connectivity index (χ0) is 43.5. The van der Waals surface area contributed by atoms with Crippen molar-refractivity contribution in [2.75, 3.05) is 9.80 Å². The van der Waals surface area contributed by atoms with Crippen molar-refractivity contribution >= 4 is 61.5 Å². The number of allylic oxidation sites excluding steroid dienone is 4. The maximum atomic E-state index is 6.57. The van der Waals surface area contributed by atoms with Crippen LogP contribution in [0.4, 0.5) is 34.1 Å². The first-order valence-corrected chi connectivity index (χ1v) is 23.1. The SMILES string of the molecule is CCCCC/C=C1/C2=CCCC=C2Oc2ccc(-c3cccc(-n4c5ccc(N(c6ccccc6)c6ccccc6)cc5c5cc(N(c6ccccc6)c6ccccc6)ccc54)c3)cc21. The fourth-order valence-corrected chi connectivity index (χ4v) is 9.71. The van der Waals surface area contributed by atoms with Crippen LogP contribution in [0.25, 0.3) is 44.2 Å². The molecule has 0 unspecified atom stereocenters. The number of anilines is 6. The molecule has 0 fully saturated rings. The summed E-state index contributed by atoms with van der Waals surface area (Å²) in [6.07, 6.45) is 13.9. The van der Waals surface area contributed by atoms with Gasteiger partial charge in [-0.3, -0.25) is 0 Å². The van der Waals surface area contributed by atoms with E-state index in [9.17, 15) is 0 Å². The molecule has 0 radical (unpaired) electrons. The molecule has 2 aliphatic rings. The van der Waals surface area contributed by atoms with E-state index in [1.165, 1.54) is 52.3 Å². The molecule has 0 bridgehead atoms. The topological polar surface area (TPSA) is 20.6 Å². The van der Waals surface area contributed by atoms with Gasteiger partial charge in [0.25, 0.3) is 0 Å². The second kappa shape index (κ2) is 17.7. The number of ether oxygens (including phenoxy) is 1. The first kappa shape index (κ1) is 40.0. The molecular formula is C61H51N3O. The summed E-state index contributed by atoms with van der Waals surface area (Å²) in [4.78, 5) is 4.70. The second-order valence-corrected chi connectivity index (χ2v) is 17.0. The van der Waals surface area contributed by atoms with Gasteiger partial charge in [-0.2, -0.15) is 0 Å². The second-order valence-electron chi connectivity index (χ2n) is 17.0. The molecular weight excluding hydrogens is 791 g/mol. The van der Waals surface area contributed by atoms with Gasteiger partial charge in [0, 0.05) is 61.7 Å². The van der Waals surface area contributed by atoms with E-state index >= 15 is 0 Å². The zero-order valence-corrected chi connectivity index (χ0v) is 36.8. The Kier molecular flexibility index (Phi) is 10.9. The van der Waals surface area contributed by atoms with E-state index < -0.39 is 0 Å². The Morgan fingerprint density at radius 2 is 1.03 bits per heavy atom. The summed E-state index contributed by atoms with van der Waals surface area (Å²) in [5.74, 6) is 1.94. The van der Waals surface area contributed by atoms with Gasteiger partial charge in [-0.15, -0.1) is 0 Å². The maximum Gasteiger partial charge on any atom is 0.135 e. The number of aromatic nitrogens is 1. The number of rotatable bonds is 12.